The van der Waals surface area contributed by atoms with Crippen molar-refractivity contribution in [3.8, 4) is 5.75 Å². The Kier molecular flexibility index (Phi) is 10.6. The number of H-pyrrole nitrogens is 1. The second kappa shape index (κ2) is 12.5. The Hall–Kier alpha value is -1.19. The van der Waals surface area contributed by atoms with Crippen LogP contribution in [0.25, 0.3) is 10.9 Å². The Morgan fingerprint density at radius 3 is 2.55 bits per heavy atom. The van der Waals surface area contributed by atoms with E-state index in [0.29, 0.717) is 0 Å². The molecule has 1 aromatic heterocycles. The molecule has 2 aliphatic rings. The first-order chi connectivity index (χ1) is 14.9. The summed E-state index contributed by atoms with van der Waals surface area (Å²) in [5, 5.41) is 1.00. The van der Waals surface area contributed by atoms with Crippen molar-refractivity contribution in [1.82, 2.24) is 14.8 Å². The number of aryl methyl sites for hydroxylation is 1. The molecule has 1 N–H and O–H groups in total. The largest absolute Gasteiger partial charge is 0.573 e. The van der Waals surface area contributed by atoms with Crippen molar-refractivity contribution in [2.45, 2.75) is 51.4 Å². The Morgan fingerprint density at radius 2 is 1.85 bits per heavy atom. The van der Waals surface area contributed by atoms with E-state index in [9.17, 15) is 13.2 Å². The number of rotatable bonds is 7. The Labute approximate surface area is 205 Å². The van der Waals surface area contributed by atoms with Crippen molar-refractivity contribution < 1.29 is 22.6 Å². The molecule has 0 amide bonds. The molecule has 0 spiro atoms. The summed E-state index contributed by atoms with van der Waals surface area (Å²) in [6.45, 7) is 8.77. The quantitative estimate of drug-likeness (QED) is 0.515. The van der Waals surface area contributed by atoms with Gasteiger partial charge in [-0.25, -0.2) is 0 Å². The minimum Gasteiger partial charge on any atom is -0.406 e. The average Bonchev–Trinajstić information content (AvgIpc) is 3.10. The van der Waals surface area contributed by atoms with E-state index < -0.39 is 6.36 Å². The van der Waals surface area contributed by atoms with Gasteiger partial charge in [-0.3, -0.25) is 9.80 Å². The number of halogens is 5. The van der Waals surface area contributed by atoms with Crippen LogP contribution >= 0.6 is 24.8 Å². The molecule has 0 bridgehead atoms. The monoisotopic (exact) mass is 511 g/mol. The van der Waals surface area contributed by atoms with E-state index in [1.165, 1.54) is 36.2 Å². The van der Waals surface area contributed by atoms with Gasteiger partial charge in [-0.1, -0.05) is 19.8 Å². The molecule has 0 radical (unpaired) electrons. The maximum Gasteiger partial charge on any atom is 0.573 e. The van der Waals surface area contributed by atoms with Crippen LogP contribution in [0, 0.1) is 0 Å². The van der Waals surface area contributed by atoms with Gasteiger partial charge in [0.2, 0.25) is 0 Å². The lowest BCUT2D eigenvalue weighted by Gasteiger charge is -2.38. The summed E-state index contributed by atoms with van der Waals surface area (Å²) < 4.78 is 47.6. The van der Waals surface area contributed by atoms with Crippen molar-refractivity contribution in [3.63, 3.8) is 0 Å². The van der Waals surface area contributed by atoms with Crippen LogP contribution in [0.5, 0.6) is 5.75 Å². The van der Waals surface area contributed by atoms with Crippen molar-refractivity contribution in [2.75, 3.05) is 45.9 Å². The molecule has 0 saturated carbocycles. The molecule has 188 valence electrons. The highest BCUT2D eigenvalue weighted by atomic mass is 35.5. The Morgan fingerprint density at radius 1 is 1.09 bits per heavy atom. The first-order valence-electron chi connectivity index (χ1n) is 11.4. The van der Waals surface area contributed by atoms with Crippen molar-refractivity contribution >= 4 is 35.7 Å². The lowest BCUT2D eigenvalue weighted by atomic mass is 9.94. The van der Waals surface area contributed by atoms with E-state index in [4.69, 9.17) is 4.74 Å². The maximum atomic E-state index is 12.7. The van der Waals surface area contributed by atoms with Gasteiger partial charge in [0.05, 0.1) is 19.3 Å². The number of likely N-dealkylation sites (tertiary alicyclic amines) is 1. The molecule has 2 aromatic rings. The smallest absolute Gasteiger partial charge is 0.406 e. The van der Waals surface area contributed by atoms with Crippen LogP contribution in [-0.4, -0.2) is 67.1 Å². The number of morpholine rings is 1. The molecular formula is C23H34Cl2F3N3O2. The molecule has 4 rings (SSSR count). The summed E-state index contributed by atoms with van der Waals surface area (Å²) in [6.07, 6.45) is 0.631. The fraction of sp³-hybridized carbons (Fsp3) is 0.652. The van der Waals surface area contributed by atoms with Crippen LogP contribution < -0.4 is 4.74 Å². The Bertz CT molecular complexity index is 872. The third kappa shape index (κ3) is 7.15. The SMILES string of the molecule is CCCc1c(C2CCCCN2CCN2CCOCC2)[nH]c2cc(OC(F)(F)F)ccc12.Cl.Cl. The van der Waals surface area contributed by atoms with Crippen LogP contribution in [0.15, 0.2) is 18.2 Å². The predicted molar refractivity (Wildman–Crippen MR) is 129 cm³/mol. The van der Waals surface area contributed by atoms with Crippen molar-refractivity contribution in [3.05, 3.63) is 29.5 Å². The molecule has 2 fully saturated rings. The molecule has 1 aromatic carbocycles. The van der Waals surface area contributed by atoms with Gasteiger partial charge in [0.25, 0.3) is 0 Å². The summed E-state index contributed by atoms with van der Waals surface area (Å²) >= 11 is 0. The summed E-state index contributed by atoms with van der Waals surface area (Å²) in [6, 6.07) is 4.94. The number of aromatic amines is 1. The Balaban J connectivity index is 0.00000193. The van der Waals surface area contributed by atoms with Crippen LogP contribution in [0.4, 0.5) is 13.2 Å². The molecule has 3 heterocycles. The summed E-state index contributed by atoms with van der Waals surface area (Å²) in [5.41, 5.74) is 3.13. The van der Waals surface area contributed by atoms with E-state index in [0.717, 1.165) is 76.1 Å². The van der Waals surface area contributed by atoms with E-state index in [1.54, 1.807) is 6.07 Å². The van der Waals surface area contributed by atoms with Gasteiger partial charge in [-0.2, -0.15) is 0 Å². The van der Waals surface area contributed by atoms with Crippen LogP contribution in [0.3, 0.4) is 0 Å². The predicted octanol–water partition coefficient (Wildman–Crippen LogP) is 5.72. The van der Waals surface area contributed by atoms with Gasteiger partial charge in [-0.15, -0.1) is 38.0 Å². The summed E-state index contributed by atoms with van der Waals surface area (Å²) in [5.74, 6) is -0.177. The lowest BCUT2D eigenvalue weighted by molar-refractivity contribution is -0.274. The first kappa shape index (κ1) is 28.1. The zero-order valence-electron chi connectivity index (χ0n) is 19.0. The number of benzene rings is 1. The standard InChI is InChI=1S/C23H32F3N3O2.2ClH/c1-2-5-19-18-8-7-17(31-23(24,25)26)16-20(18)27-22(19)21-6-3-4-9-29(21)11-10-28-12-14-30-15-13-28;;/h7-8,16,21,27H,2-6,9-15H2,1H3;2*1H. The van der Waals surface area contributed by atoms with Gasteiger partial charge >= 0.3 is 6.36 Å². The van der Waals surface area contributed by atoms with E-state index >= 15 is 0 Å². The highest BCUT2D eigenvalue weighted by molar-refractivity contribution is 5.86. The zero-order chi connectivity index (χ0) is 21.8. The molecule has 2 saturated heterocycles. The van der Waals surface area contributed by atoms with Gasteiger partial charge in [0.1, 0.15) is 5.75 Å². The molecule has 2 aliphatic heterocycles. The maximum absolute atomic E-state index is 12.7. The van der Waals surface area contributed by atoms with Crippen LogP contribution in [0.1, 0.15) is 49.9 Å². The van der Waals surface area contributed by atoms with Crippen molar-refractivity contribution in [2.24, 2.45) is 0 Å². The van der Waals surface area contributed by atoms with Gasteiger partial charge < -0.3 is 14.5 Å². The lowest BCUT2D eigenvalue weighted by Crippen LogP contribution is -2.43. The van der Waals surface area contributed by atoms with Gasteiger partial charge in [-0.05, 0) is 43.5 Å². The fourth-order valence-corrected chi connectivity index (χ4v) is 4.94. The number of nitrogens with zero attached hydrogens (tertiary/aromatic N) is 2. The van der Waals surface area contributed by atoms with E-state index in [-0.39, 0.29) is 36.6 Å². The first-order valence-corrected chi connectivity index (χ1v) is 11.4. The number of hydrogen-bond acceptors (Lipinski definition) is 4. The highest BCUT2D eigenvalue weighted by Crippen LogP contribution is 2.37. The molecule has 0 aliphatic carbocycles. The number of aromatic nitrogens is 1. The minimum absolute atomic E-state index is 0. The number of nitrogens with one attached hydrogen (secondary N) is 1. The number of alkyl halides is 3. The number of fused-ring (bicyclic) bond motifs is 1. The normalized spacial score (nSPS) is 20.3. The second-order valence-electron chi connectivity index (χ2n) is 8.52. The van der Waals surface area contributed by atoms with Crippen LogP contribution in [0.2, 0.25) is 0 Å². The third-order valence-electron chi connectivity index (χ3n) is 6.40. The molecule has 5 nitrogen and oxygen atoms in total. The summed E-state index contributed by atoms with van der Waals surface area (Å²) in [7, 11) is 0. The molecule has 1 atom stereocenters. The minimum atomic E-state index is -4.69. The zero-order valence-corrected chi connectivity index (χ0v) is 20.6. The number of piperidine rings is 1. The van der Waals surface area contributed by atoms with Crippen LogP contribution in [-0.2, 0) is 11.2 Å². The molecular weight excluding hydrogens is 478 g/mol. The third-order valence-corrected chi connectivity index (χ3v) is 6.40. The second-order valence-corrected chi connectivity index (χ2v) is 8.52. The van der Waals surface area contributed by atoms with Crippen molar-refractivity contribution in [1.29, 1.82) is 0 Å². The topological polar surface area (TPSA) is 40.7 Å². The van der Waals surface area contributed by atoms with Gasteiger partial charge in [0.15, 0.2) is 0 Å². The number of hydrogen-bond donors (Lipinski definition) is 1. The number of ether oxygens (including phenoxy) is 2. The summed E-state index contributed by atoms with van der Waals surface area (Å²) in [4.78, 5) is 8.49. The fourth-order valence-electron chi connectivity index (χ4n) is 4.94. The average molecular weight is 512 g/mol. The molecule has 10 heteroatoms. The van der Waals surface area contributed by atoms with E-state index in [2.05, 4.69) is 26.4 Å². The molecule has 33 heavy (non-hydrogen) atoms. The van der Waals surface area contributed by atoms with Gasteiger partial charge in [0, 0.05) is 48.8 Å². The van der Waals surface area contributed by atoms with E-state index in [1.807, 2.05) is 0 Å². The highest BCUT2D eigenvalue weighted by Gasteiger charge is 2.32. The molecule has 1 unspecified atom stereocenters.